The summed E-state index contributed by atoms with van der Waals surface area (Å²) in [6, 6.07) is 40.0. The average molecular weight is 606 g/mol. The van der Waals surface area contributed by atoms with Crippen LogP contribution in [-0.2, 0) is 4.74 Å². The van der Waals surface area contributed by atoms with Crippen molar-refractivity contribution in [2.24, 2.45) is 0 Å². The molecule has 0 unspecified atom stereocenters. The first kappa shape index (κ1) is 25.7. The van der Waals surface area contributed by atoms with Crippen molar-refractivity contribution in [3.8, 4) is 16.8 Å². The van der Waals surface area contributed by atoms with Crippen LogP contribution in [0, 0.1) is 13.8 Å². The zero-order chi connectivity index (χ0) is 25.2. The highest BCUT2D eigenvalue weighted by molar-refractivity contribution is 5.81. The molecule has 0 bridgehead atoms. The van der Waals surface area contributed by atoms with Crippen molar-refractivity contribution in [2.75, 3.05) is 0 Å². The number of fused-ring (bicyclic) bond motifs is 1. The third-order valence-corrected chi connectivity index (χ3v) is 6.91. The van der Waals surface area contributed by atoms with Gasteiger partial charge in [0.25, 0.3) is 0 Å². The Kier molecular flexibility index (Phi) is 7.57. The van der Waals surface area contributed by atoms with Crippen LogP contribution in [0.1, 0.15) is 28.1 Å². The monoisotopic (exact) mass is 605 g/mol. The number of halogens is 1. The van der Waals surface area contributed by atoms with Gasteiger partial charge in [-0.3, -0.25) is 0 Å². The Hall–Kier alpha value is -3.96. The van der Waals surface area contributed by atoms with E-state index in [1.54, 1.807) is 0 Å². The van der Waals surface area contributed by atoms with Crippen molar-refractivity contribution < 1.29 is 33.3 Å². The van der Waals surface area contributed by atoms with E-state index >= 15 is 0 Å². The molecule has 3 aromatic rings. The fourth-order valence-electron chi connectivity index (χ4n) is 5.07. The molecule has 2 aliphatic heterocycles. The molecule has 0 saturated carbocycles. The minimum absolute atomic E-state index is 0. The van der Waals surface area contributed by atoms with Crippen LogP contribution < -0.4 is 28.5 Å². The Morgan fingerprint density at radius 2 is 1.00 bits per heavy atom. The molecule has 0 saturated heterocycles. The fourth-order valence-corrected chi connectivity index (χ4v) is 5.07. The van der Waals surface area contributed by atoms with Gasteiger partial charge in [-0.25, -0.2) is 0 Å². The predicted octanol–water partition coefficient (Wildman–Crippen LogP) is 5.18. The molecular weight excluding hydrogens is 577 g/mol. The highest BCUT2D eigenvalue weighted by atomic mass is 127. The molecule has 0 aromatic heterocycles. The predicted molar refractivity (Wildman–Crippen MR) is 152 cm³/mol. The first-order valence-corrected chi connectivity index (χ1v) is 12.6. The highest BCUT2D eigenvalue weighted by Crippen LogP contribution is 2.33. The van der Waals surface area contributed by atoms with Gasteiger partial charge < -0.3 is 28.7 Å². The van der Waals surface area contributed by atoms with Crippen LogP contribution in [0.2, 0.25) is 0 Å². The van der Waals surface area contributed by atoms with Crippen molar-refractivity contribution in [2.45, 2.75) is 13.8 Å². The summed E-state index contributed by atoms with van der Waals surface area (Å²) in [7, 11) is 0. The van der Waals surface area contributed by atoms with Crippen LogP contribution in [0.25, 0.3) is 34.4 Å². The van der Waals surface area contributed by atoms with Crippen molar-refractivity contribution in [1.82, 2.24) is 0 Å². The van der Waals surface area contributed by atoms with Crippen molar-refractivity contribution in [3.63, 3.8) is 0 Å². The van der Waals surface area contributed by atoms with Gasteiger partial charge in [-0.2, -0.15) is 4.57 Å². The van der Waals surface area contributed by atoms with E-state index in [-0.39, 0.29) is 24.0 Å². The number of rotatable bonds is 4. The van der Waals surface area contributed by atoms with E-state index in [0.717, 1.165) is 33.8 Å². The molecular formula is C35H28INO. The van der Waals surface area contributed by atoms with Crippen LogP contribution in [0.5, 0.6) is 0 Å². The van der Waals surface area contributed by atoms with Gasteiger partial charge in [-0.1, -0.05) is 91.0 Å². The smallest absolute Gasteiger partial charge is 0.211 e. The standard InChI is InChI=1S/C35H28NO.HI/c1-25-32-20-18-27(19-21-33(32)26(2)36(25)31-16-10-5-11-17-31)22-28-23-34(29-12-6-3-7-13-29)37-35(24-28)30-14-8-4-9-15-30;/h3-24H,1-2H3;1H/q+1;/p-1. The second-order valence-corrected chi connectivity index (χ2v) is 9.33. The number of ether oxygens (including phenoxy) is 1. The SMILES string of the molecule is Cc1c2ccc(C=C3C=C(c4ccccc4)OC(c4ccccc4)=C3)ccc-2c(C)[n+]1-c1ccccc1.[I-]. The third-order valence-electron chi connectivity index (χ3n) is 6.91. The molecule has 1 aliphatic carbocycles. The van der Waals surface area contributed by atoms with Crippen molar-refractivity contribution in [3.05, 3.63) is 161 Å². The number of aromatic nitrogens is 1. The van der Waals surface area contributed by atoms with Crippen molar-refractivity contribution in [1.29, 1.82) is 0 Å². The van der Waals surface area contributed by atoms with E-state index < -0.39 is 0 Å². The molecule has 38 heavy (non-hydrogen) atoms. The lowest BCUT2D eigenvalue weighted by atomic mass is 10.0. The van der Waals surface area contributed by atoms with Gasteiger partial charge in [0.1, 0.15) is 11.5 Å². The molecule has 2 nitrogen and oxygen atoms in total. The number of allylic oxidation sites excluding steroid dienone is 3. The first-order valence-electron chi connectivity index (χ1n) is 12.6. The second-order valence-electron chi connectivity index (χ2n) is 9.33. The lowest BCUT2D eigenvalue weighted by molar-refractivity contribution is -0.604. The largest absolute Gasteiger partial charge is 1.00 e. The molecule has 0 spiro atoms. The summed E-state index contributed by atoms with van der Waals surface area (Å²) in [4.78, 5) is 0. The summed E-state index contributed by atoms with van der Waals surface area (Å²) in [6.45, 7) is 4.39. The average Bonchev–Trinajstić information content (AvgIpc) is 3.07. The quantitative estimate of drug-likeness (QED) is 0.203. The highest BCUT2D eigenvalue weighted by Gasteiger charge is 2.26. The van der Waals surface area contributed by atoms with E-state index in [1.165, 1.54) is 28.2 Å². The van der Waals surface area contributed by atoms with Gasteiger partial charge in [-0.05, 0) is 41.5 Å². The van der Waals surface area contributed by atoms with Gasteiger partial charge in [0, 0.05) is 37.1 Å². The zero-order valence-corrected chi connectivity index (χ0v) is 23.6. The third kappa shape index (κ3) is 5.07. The van der Waals surface area contributed by atoms with Gasteiger partial charge in [0.05, 0.1) is 11.1 Å². The summed E-state index contributed by atoms with van der Waals surface area (Å²) < 4.78 is 8.70. The maximum atomic E-state index is 6.36. The van der Waals surface area contributed by atoms with Crippen LogP contribution in [0.15, 0.2) is 133 Å². The normalized spacial score (nSPS) is 12.7. The molecule has 2 heterocycles. The molecule has 186 valence electrons. The topological polar surface area (TPSA) is 13.1 Å². The Bertz CT molecular complexity index is 1540. The van der Waals surface area contributed by atoms with Crippen LogP contribution in [-0.4, -0.2) is 0 Å². The van der Waals surface area contributed by atoms with Crippen LogP contribution in [0.4, 0.5) is 0 Å². The summed E-state index contributed by atoms with van der Waals surface area (Å²) in [6.07, 6.45) is 6.46. The number of hydrogen-bond donors (Lipinski definition) is 0. The minimum atomic E-state index is 0. The van der Waals surface area contributed by atoms with Gasteiger partial charge in [-0.15, -0.1) is 0 Å². The summed E-state index contributed by atoms with van der Waals surface area (Å²) >= 11 is 0. The Morgan fingerprint density at radius 3 is 1.47 bits per heavy atom. The maximum absolute atomic E-state index is 6.36. The molecule has 3 aliphatic rings. The first-order chi connectivity index (χ1) is 18.2. The molecule has 0 N–H and O–H groups in total. The van der Waals surface area contributed by atoms with E-state index in [4.69, 9.17) is 4.74 Å². The van der Waals surface area contributed by atoms with E-state index in [2.05, 4.69) is 116 Å². The number of benzene rings is 3. The Morgan fingerprint density at radius 1 is 0.553 bits per heavy atom. The van der Waals surface area contributed by atoms with Gasteiger partial charge >= 0.3 is 0 Å². The fraction of sp³-hybridized carbons (Fsp3) is 0.0571. The summed E-state index contributed by atoms with van der Waals surface area (Å²) in [5.74, 6) is 1.70. The van der Waals surface area contributed by atoms with E-state index in [0.29, 0.717) is 0 Å². The van der Waals surface area contributed by atoms with E-state index in [1.807, 2.05) is 36.4 Å². The molecule has 0 radical (unpaired) electrons. The molecule has 6 rings (SSSR count). The molecule has 0 fully saturated rings. The number of hydrogen-bond acceptors (Lipinski definition) is 1. The lowest BCUT2D eigenvalue weighted by Crippen LogP contribution is -3.00. The Balaban J connectivity index is 0.00000294. The summed E-state index contributed by atoms with van der Waals surface area (Å²) in [5, 5.41) is 0. The number of nitrogens with zero attached hydrogens (tertiary/aromatic N) is 1. The maximum Gasteiger partial charge on any atom is 0.211 e. The van der Waals surface area contributed by atoms with Crippen LogP contribution >= 0.6 is 0 Å². The van der Waals surface area contributed by atoms with Crippen molar-refractivity contribution >= 4 is 17.6 Å². The van der Waals surface area contributed by atoms with Gasteiger partial charge in [0.15, 0.2) is 11.4 Å². The van der Waals surface area contributed by atoms with Gasteiger partial charge in [0.2, 0.25) is 5.69 Å². The van der Waals surface area contributed by atoms with E-state index in [9.17, 15) is 0 Å². The number of para-hydroxylation sites is 1. The second kappa shape index (κ2) is 11.2. The lowest BCUT2D eigenvalue weighted by Gasteiger charge is -2.19. The molecule has 3 aromatic carbocycles. The molecule has 0 amide bonds. The van der Waals surface area contributed by atoms with Crippen LogP contribution in [0.3, 0.4) is 0 Å². The minimum Gasteiger partial charge on any atom is -1.00 e. The zero-order valence-electron chi connectivity index (χ0n) is 21.4. The molecule has 3 heteroatoms. The molecule has 0 atom stereocenters. The summed E-state index contributed by atoms with van der Waals surface area (Å²) in [5.41, 5.74) is 10.6. The Labute approximate surface area is 241 Å².